The molecule has 0 radical (unpaired) electrons. The molecule has 2 aromatic rings. The zero-order valence-corrected chi connectivity index (χ0v) is 15.5. The number of hydrogen-bond donors (Lipinski definition) is 1. The van der Waals surface area contributed by atoms with Gasteiger partial charge in [0, 0.05) is 6.54 Å². The summed E-state index contributed by atoms with van der Waals surface area (Å²) in [6.07, 6.45) is 0.826. The maximum atomic E-state index is 14.0. The number of benzene rings is 2. The van der Waals surface area contributed by atoms with Gasteiger partial charge in [-0.05, 0) is 36.6 Å². The van der Waals surface area contributed by atoms with Gasteiger partial charge in [-0.25, -0.2) is 13.6 Å². The first kappa shape index (κ1) is 19.0. The van der Waals surface area contributed by atoms with E-state index in [9.17, 15) is 23.2 Å². The molecule has 2 fully saturated rings. The molecule has 0 unspecified atom stereocenters. The molecule has 0 aliphatic carbocycles. The van der Waals surface area contributed by atoms with E-state index in [-0.39, 0.29) is 18.7 Å². The van der Waals surface area contributed by atoms with Crippen LogP contribution in [0.4, 0.5) is 13.6 Å². The molecule has 2 aliphatic heterocycles. The van der Waals surface area contributed by atoms with Crippen LogP contribution in [0.25, 0.3) is 0 Å². The van der Waals surface area contributed by atoms with Crippen molar-refractivity contribution in [2.45, 2.75) is 24.9 Å². The molecule has 1 atom stereocenters. The van der Waals surface area contributed by atoms with Crippen LogP contribution < -0.4 is 5.32 Å². The molecule has 0 saturated carbocycles. The second kappa shape index (κ2) is 7.27. The Bertz CT molecular complexity index is 982. The topological polar surface area (TPSA) is 69.7 Å². The SMILES string of the molecule is O=C(c1cc(F)ccc1F)N1CCC[C@@]2(C1)NC(=O)N(Cc1ccccc1)C2=O. The van der Waals surface area contributed by atoms with Crippen LogP contribution in [-0.4, -0.2) is 46.3 Å². The quantitative estimate of drug-likeness (QED) is 0.807. The number of urea groups is 1. The predicted octanol–water partition coefficient (Wildman–Crippen LogP) is 2.69. The lowest BCUT2D eigenvalue weighted by molar-refractivity contribution is -0.133. The van der Waals surface area contributed by atoms with Gasteiger partial charge in [0.2, 0.25) is 0 Å². The zero-order chi connectivity index (χ0) is 20.6. The van der Waals surface area contributed by atoms with E-state index >= 15 is 0 Å². The van der Waals surface area contributed by atoms with E-state index < -0.39 is 35.0 Å². The summed E-state index contributed by atoms with van der Waals surface area (Å²) in [4.78, 5) is 40.8. The smallest absolute Gasteiger partial charge is 0.325 e. The van der Waals surface area contributed by atoms with Gasteiger partial charge >= 0.3 is 6.03 Å². The number of nitrogens with one attached hydrogen (secondary N) is 1. The van der Waals surface area contributed by atoms with Crippen molar-refractivity contribution in [1.29, 1.82) is 0 Å². The standard InChI is InChI=1S/C21H19F2N3O3/c22-15-7-8-17(23)16(11-15)18(27)25-10-4-9-21(13-25)19(28)26(20(29)24-21)12-14-5-2-1-3-6-14/h1-3,5-8,11H,4,9-10,12-13H2,(H,24,29)/t21-/m0/s1. The van der Waals surface area contributed by atoms with Gasteiger partial charge in [0.05, 0.1) is 18.7 Å². The van der Waals surface area contributed by atoms with Gasteiger partial charge in [0.25, 0.3) is 11.8 Å². The van der Waals surface area contributed by atoms with Crippen LogP contribution in [-0.2, 0) is 11.3 Å². The van der Waals surface area contributed by atoms with E-state index in [1.54, 1.807) is 0 Å². The average Bonchev–Trinajstić information content (AvgIpc) is 2.94. The Kier molecular flexibility index (Phi) is 4.77. The molecule has 2 heterocycles. The van der Waals surface area contributed by atoms with Crippen molar-refractivity contribution >= 4 is 17.8 Å². The molecule has 29 heavy (non-hydrogen) atoms. The highest BCUT2D eigenvalue weighted by atomic mass is 19.1. The summed E-state index contributed by atoms with van der Waals surface area (Å²) in [5.41, 5.74) is -0.831. The van der Waals surface area contributed by atoms with E-state index in [1.165, 1.54) is 4.90 Å². The molecule has 6 nitrogen and oxygen atoms in total. The Morgan fingerprint density at radius 2 is 1.86 bits per heavy atom. The molecule has 8 heteroatoms. The molecule has 1 spiro atoms. The van der Waals surface area contributed by atoms with E-state index in [0.717, 1.165) is 28.7 Å². The number of carbonyl (C=O) groups excluding carboxylic acids is 3. The number of piperidine rings is 1. The molecular formula is C21H19F2N3O3. The first-order valence-corrected chi connectivity index (χ1v) is 9.32. The van der Waals surface area contributed by atoms with Crippen molar-refractivity contribution in [3.05, 3.63) is 71.3 Å². The number of imide groups is 1. The number of nitrogens with zero attached hydrogens (tertiary/aromatic N) is 2. The van der Waals surface area contributed by atoms with Crippen LogP contribution in [0.3, 0.4) is 0 Å². The fourth-order valence-electron chi connectivity index (χ4n) is 3.92. The normalized spacial score (nSPS) is 21.6. The third-order valence-electron chi connectivity index (χ3n) is 5.37. The number of hydrogen-bond acceptors (Lipinski definition) is 3. The number of halogens is 2. The van der Waals surface area contributed by atoms with E-state index in [1.807, 2.05) is 30.3 Å². The van der Waals surface area contributed by atoms with E-state index in [4.69, 9.17) is 0 Å². The summed E-state index contributed by atoms with van der Waals surface area (Å²) in [5.74, 6) is -2.67. The lowest BCUT2D eigenvalue weighted by Gasteiger charge is -2.38. The maximum Gasteiger partial charge on any atom is 0.325 e. The summed E-state index contributed by atoms with van der Waals surface area (Å²) in [6.45, 7) is 0.329. The van der Waals surface area contributed by atoms with Crippen molar-refractivity contribution < 1.29 is 23.2 Å². The number of rotatable bonds is 3. The van der Waals surface area contributed by atoms with Crippen molar-refractivity contribution in [2.75, 3.05) is 13.1 Å². The molecular weight excluding hydrogens is 380 g/mol. The number of likely N-dealkylation sites (tertiary alicyclic amines) is 1. The van der Waals surface area contributed by atoms with E-state index in [0.29, 0.717) is 19.4 Å². The van der Waals surface area contributed by atoms with Gasteiger partial charge < -0.3 is 10.2 Å². The van der Waals surface area contributed by atoms with Crippen LogP contribution >= 0.6 is 0 Å². The van der Waals surface area contributed by atoms with Gasteiger partial charge in [0.1, 0.15) is 17.2 Å². The largest absolute Gasteiger partial charge is 0.336 e. The van der Waals surface area contributed by atoms with Crippen molar-refractivity contribution in [1.82, 2.24) is 15.1 Å². The monoisotopic (exact) mass is 399 g/mol. The van der Waals surface area contributed by atoms with Gasteiger partial charge in [0.15, 0.2) is 0 Å². The fraction of sp³-hybridized carbons (Fsp3) is 0.286. The first-order chi connectivity index (χ1) is 13.9. The van der Waals surface area contributed by atoms with Crippen LogP contribution in [0.5, 0.6) is 0 Å². The Labute approximate surface area is 166 Å². The maximum absolute atomic E-state index is 14.0. The number of amides is 4. The van der Waals surface area contributed by atoms with Gasteiger partial charge in [-0.2, -0.15) is 0 Å². The van der Waals surface area contributed by atoms with E-state index in [2.05, 4.69) is 5.32 Å². The van der Waals surface area contributed by atoms with Gasteiger partial charge in [-0.1, -0.05) is 30.3 Å². The minimum atomic E-state index is -1.25. The van der Waals surface area contributed by atoms with Gasteiger partial charge in [-0.3, -0.25) is 14.5 Å². The summed E-state index contributed by atoms with van der Waals surface area (Å²) >= 11 is 0. The summed E-state index contributed by atoms with van der Waals surface area (Å²) < 4.78 is 27.5. The third-order valence-corrected chi connectivity index (χ3v) is 5.37. The minimum absolute atomic E-state index is 0.0857. The highest BCUT2D eigenvalue weighted by molar-refractivity contribution is 6.07. The Balaban J connectivity index is 1.55. The Hall–Kier alpha value is -3.29. The lowest BCUT2D eigenvalue weighted by atomic mass is 9.88. The lowest BCUT2D eigenvalue weighted by Crippen LogP contribution is -2.59. The summed E-state index contributed by atoms with van der Waals surface area (Å²) in [6, 6.07) is 11.3. The third kappa shape index (κ3) is 3.46. The molecule has 2 saturated heterocycles. The van der Waals surface area contributed by atoms with Crippen LogP contribution in [0, 0.1) is 11.6 Å². The summed E-state index contributed by atoms with van der Waals surface area (Å²) in [7, 11) is 0. The fourth-order valence-corrected chi connectivity index (χ4v) is 3.92. The second-order valence-corrected chi connectivity index (χ2v) is 7.34. The molecule has 1 N–H and O–H groups in total. The van der Waals surface area contributed by atoms with Crippen LogP contribution in [0.15, 0.2) is 48.5 Å². The van der Waals surface area contributed by atoms with Crippen molar-refractivity contribution in [3.63, 3.8) is 0 Å². The first-order valence-electron chi connectivity index (χ1n) is 9.32. The molecule has 4 amide bonds. The van der Waals surface area contributed by atoms with Crippen LogP contribution in [0.1, 0.15) is 28.8 Å². The molecule has 2 aliphatic rings. The highest BCUT2D eigenvalue weighted by Gasteiger charge is 2.53. The summed E-state index contributed by atoms with van der Waals surface area (Å²) in [5, 5.41) is 2.73. The molecule has 2 aromatic carbocycles. The molecule has 0 aromatic heterocycles. The van der Waals surface area contributed by atoms with Crippen molar-refractivity contribution in [2.24, 2.45) is 0 Å². The van der Waals surface area contributed by atoms with Crippen molar-refractivity contribution in [3.8, 4) is 0 Å². The van der Waals surface area contributed by atoms with Gasteiger partial charge in [-0.15, -0.1) is 0 Å². The predicted molar refractivity (Wildman–Crippen MR) is 99.8 cm³/mol. The zero-order valence-electron chi connectivity index (χ0n) is 15.5. The number of carbonyl (C=O) groups is 3. The minimum Gasteiger partial charge on any atom is -0.336 e. The average molecular weight is 399 g/mol. The second-order valence-electron chi connectivity index (χ2n) is 7.34. The molecule has 150 valence electrons. The molecule has 0 bridgehead atoms. The highest BCUT2D eigenvalue weighted by Crippen LogP contribution is 2.30. The Morgan fingerprint density at radius 1 is 1.10 bits per heavy atom. The molecule has 4 rings (SSSR count). The van der Waals surface area contributed by atoms with Crippen LogP contribution in [0.2, 0.25) is 0 Å². The Morgan fingerprint density at radius 3 is 2.62 bits per heavy atom.